The number of anilines is 2. The topological polar surface area (TPSA) is 108 Å². The zero-order chi connectivity index (χ0) is 23.7. The van der Waals surface area contributed by atoms with Crippen molar-refractivity contribution in [2.24, 2.45) is 0 Å². The van der Waals surface area contributed by atoms with Crippen molar-refractivity contribution in [3.8, 4) is 22.9 Å². The van der Waals surface area contributed by atoms with Crippen LogP contribution in [-0.4, -0.2) is 36.9 Å². The average Bonchev–Trinajstić information content (AvgIpc) is 3.21. The van der Waals surface area contributed by atoms with Gasteiger partial charge in [0.05, 0.1) is 29.4 Å². The lowest BCUT2D eigenvalue weighted by Crippen LogP contribution is -2.26. The van der Waals surface area contributed by atoms with Crippen molar-refractivity contribution in [1.29, 1.82) is 5.26 Å². The zero-order valence-corrected chi connectivity index (χ0v) is 19.2. The summed E-state index contributed by atoms with van der Waals surface area (Å²) in [5.74, 6) is 2.82. The van der Waals surface area contributed by atoms with Crippen LogP contribution in [0.3, 0.4) is 0 Å². The number of ether oxygens (including phenoxy) is 1. The van der Waals surface area contributed by atoms with Gasteiger partial charge in [-0.25, -0.2) is 14.5 Å². The maximum Gasteiger partial charge on any atom is 0.154 e. The molecule has 34 heavy (non-hydrogen) atoms. The Labute approximate surface area is 197 Å². The summed E-state index contributed by atoms with van der Waals surface area (Å²) in [4.78, 5) is 8.73. The molecular weight excluding hydrogens is 428 g/mol. The Kier molecular flexibility index (Phi) is 5.86. The summed E-state index contributed by atoms with van der Waals surface area (Å²) in [6, 6.07) is 15.6. The summed E-state index contributed by atoms with van der Waals surface area (Å²) in [7, 11) is 0. The Balaban J connectivity index is 1.45. The van der Waals surface area contributed by atoms with E-state index in [0.29, 0.717) is 23.0 Å². The first-order valence-electron chi connectivity index (χ1n) is 11.4. The van der Waals surface area contributed by atoms with Crippen molar-refractivity contribution >= 4 is 17.2 Å². The van der Waals surface area contributed by atoms with E-state index >= 15 is 0 Å². The molecule has 0 spiro atoms. The smallest absolute Gasteiger partial charge is 0.154 e. The molecule has 4 aromatic rings. The molecule has 1 aliphatic rings. The molecular formula is C26H26N6O2. The minimum Gasteiger partial charge on any atom is -0.490 e. The van der Waals surface area contributed by atoms with Crippen LogP contribution in [0.4, 0.5) is 11.6 Å². The standard InChI is InChI=1S/C26H26N6O2/c1-16-11-25(29-17(2)28-16)30-26-14-20-13-19(9-10-32(20)31-26)23-12-18(15-27)3-8-24(23)34-22-6-4-21(33)5-7-22/h3,8-14,21-22,33H,4-7H2,1-2H3,(H,28,29,30,31). The number of pyridine rings is 1. The van der Waals surface area contributed by atoms with E-state index in [1.54, 1.807) is 10.6 Å². The van der Waals surface area contributed by atoms with Gasteiger partial charge < -0.3 is 15.2 Å². The van der Waals surface area contributed by atoms with Crippen LogP contribution in [0.2, 0.25) is 0 Å². The normalized spacial score (nSPS) is 17.9. The molecule has 172 valence electrons. The molecule has 1 aliphatic carbocycles. The van der Waals surface area contributed by atoms with Gasteiger partial charge in [-0.15, -0.1) is 0 Å². The molecule has 1 aromatic carbocycles. The molecule has 0 bridgehead atoms. The van der Waals surface area contributed by atoms with E-state index in [9.17, 15) is 10.4 Å². The number of hydrogen-bond donors (Lipinski definition) is 2. The van der Waals surface area contributed by atoms with E-state index in [-0.39, 0.29) is 12.2 Å². The van der Waals surface area contributed by atoms with E-state index < -0.39 is 0 Å². The van der Waals surface area contributed by atoms with Crippen molar-refractivity contribution in [3.63, 3.8) is 0 Å². The highest BCUT2D eigenvalue weighted by atomic mass is 16.5. The fourth-order valence-electron chi connectivity index (χ4n) is 4.41. The van der Waals surface area contributed by atoms with Gasteiger partial charge >= 0.3 is 0 Å². The molecule has 0 aliphatic heterocycles. The SMILES string of the molecule is Cc1cc(Nc2cc3cc(-c4cc(C#N)ccc4OC4CCC(O)CC4)ccn3n2)nc(C)n1. The summed E-state index contributed by atoms with van der Waals surface area (Å²) in [5, 5.41) is 27.1. The fourth-order valence-corrected chi connectivity index (χ4v) is 4.41. The van der Waals surface area contributed by atoms with Gasteiger partial charge in [0.15, 0.2) is 5.82 Å². The number of aliphatic hydroxyl groups excluding tert-OH is 1. The number of nitrogens with zero attached hydrogens (tertiary/aromatic N) is 5. The van der Waals surface area contributed by atoms with Gasteiger partial charge in [0.2, 0.25) is 0 Å². The van der Waals surface area contributed by atoms with Crippen LogP contribution in [-0.2, 0) is 0 Å². The van der Waals surface area contributed by atoms with Crippen LogP contribution < -0.4 is 10.1 Å². The molecule has 0 saturated heterocycles. The maximum atomic E-state index is 9.80. The summed E-state index contributed by atoms with van der Waals surface area (Å²) in [6.07, 6.45) is 4.86. The molecule has 1 saturated carbocycles. The zero-order valence-electron chi connectivity index (χ0n) is 19.2. The third kappa shape index (κ3) is 4.70. The van der Waals surface area contributed by atoms with E-state index in [1.807, 2.05) is 56.4 Å². The molecule has 3 aromatic heterocycles. The quantitative estimate of drug-likeness (QED) is 0.450. The molecule has 8 nitrogen and oxygen atoms in total. The number of hydrogen-bond acceptors (Lipinski definition) is 7. The lowest BCUT2D eigenvalue weighted by Gasteiger charge is -2.27. The number of nitriles is 1. The van der Waals surface area contributed by atoms with Crippen molar-refractivity contribution in [1.82, 2.24) is 19.6 Å². The molecule has 5 rings (SSSR count). The highest BCUT2D eigenvalue weighted by molar-refractivity contribution is 5.76. The molecule has 0 amide bonds. The first-order chi connectivity index (χ1) is 16.5. The third-order valence-electron chi connectivity index (χ3n) is 6.04. The predicted molar refractivity (Wildman–Crippen MR) is 129 cm³/mol. The van der Waals surface area contributed by atoms with Crippen LogP contribution in [0.25, 0.3) is 16.6 Å². The van der Waals surface area contributed by atoms with Gasteiger partial charge in [-0.2, -0.15) is 10.4 Å². The lowest BCUT2D eigenvalue weighted by molar-refractivity contribution is 0.0668. The average molecular weight is 455 g/mol. The summed E-state index contributed by atoms with van der Waals surface area (Å²) in [5.41, 5.74) is 4.17. The van der Waals surface area contributed by atoms with Crippen molar-refractivity contribution in [3.05, 3.63) is 65.7 Å². The second kappa shape index (κ2) is 9.12. The minimum atomic E-state index is -0.234. The number of aliphatic hydroxyl groups is 1. The number of benzene rings is 1. The fraction of sp³-hybridized carbons (Fsp3) is 0.308. The number of rotatable bonds is 5. The van der Waals surface area contributed by atoms with Crippen LogP contribution in [0.1, 0.15) is 42.8 Å². The Morgan fingerprint density at radius 2 is 1.85 bits per heavy atom. The maximum absolute atomic E-state index is 9.80. The molecule has 2 N–H and O–H groups in total. The van der Waals surface area contributed by atoms with E-state index in [0.717, 1.165) is 53.8 Å². The first kappa shape index (κ1) is 21.9. The molecule has 8 heteroatoms. The van der Waals surface area contributed by atoms with E-state index in [4.69, 9.17) is 4.74 Å². The minimum absolute atomic E-state index is 0.0596. The van der Waals surface area contributed by atoms with Crippen molar-refractivity contribution in [2.45, 2.75) is 51.7 Å². The highest BCUT2D eigenvalue weighted by Gasteiger charge is 2.22. The molecule has 3 heterocycles. The van der Waals surface area contributed by atoms with Gasteiger partial charge in [0.1, 0.15) is 17.4 Å². The van der Waals surface area contributed by atoms with Gasteiger partial charge in [-0.1, -0.05) is 0 Å². The summed E-state index contributed by atoms with van der Waals surface area (Å²) in [6.45, 7) is 3.79. The molecule has 0 atom stereocenters. The predicted octanol–water partition coefficient (Wildman–Crippen LogP) is 4.71. The highest BCUT2D eigenvalue weighted by Crippen LogP contribution is 2.35. The van der Waals surface area contributed by atoms with Crippen LogP contribution >= 0.6 is 0 Å². The molecule has 0 radical (unpaired) electrons. The largest absolute Gasteiger partial charge is 0.490 e. The Hall–Kier alpha value is -3.96. The summed E-state index contributed by atoms with van der Waals surface area (Å²) >= 11 is 0. The monoisotopic (exact) mass is 454 g/mol. The van der Waals surface area contributed by atoms with Crippen LogP contribution in [0.5, 0.6) is 5.75 Å². The molecule has 0 unspecified atom stereocenters. The second-order valence-electron chi connectivity index (χ2n) is 8.75. The number of nitrogens with one attached hydrogen (secondary N) is 1. The Bertz CT molecular complexity index is 1360. The van der Waals surface area contributed by atoms with Gasteiger partial charge in [0, 0.05) is 29.6 Å². The third-order valence-corrected chi connectivity index (χ3v) is 6.04. The number of fused-ring (bicyclic) bond motifs is 1. The van der Waals surface area contributed by atoms with Gasteiger partial charge in [0.25, 0.3) is 0 Å². The summed E-state index contributed by atoms with van der Waals surface area (Å²) < 4.78 is 8.13. The Morgan fingerprint density at radius 1 is 1.03 bits per heavy atom. The molecule has 1 fully saturated rings. The van der Waals surface area contributed by atoms with E-state index in [1.165, 1.54) is 0 Å². The van der Waals surface area contributed by atoms with Crippen LogP contribution in [0.15, 0.2) is 48.7 Å². The number of aromatic nitrogens is 4. The van der Waals surface area contributed by atoms with Crippen molar-refractivity contribution in [2.75, 3.05) is 5.32 Å². The van der Waals surface area contributed by atoms with E-state index in [2.05, 4.69) is 26.5 Å². The van der Waals surface area contributed by atoms with Gasteiger partial charge in [-0.3, -0.25) is 0 Å². The van der Waals surface area contributed by atoms with Crippen LogP contribution in [0, 0.1) is 25.2 Å². The number of aryl methyl sites for hydroxylation is 2. The second-order valence-corrected chi connectivity index (χ2v) is 8.75. The van der Waals surface area contributed by atoms with Gasteiger partial charge in [-0.05, 0) is 75.4 Å². The Morgan fingerprint density at radius 3 is 2.62 bits per heavy atom. The lowest BCUT2D eigenvalue weighted by atomic mass is 9.95. The first-order valence-corrected chi connectivity index (χ1v) is 11.4. The van der Waals surface area contributed by atoms with Crippen molar-refractivity contribution < 1.29 is 9.84 Å².